The van der Waals surface area contributed by atoms with Gasteiger partial charge in [-0.1, -0.05) is 12.8 Å². The molecule has 1 aromatic heterocycles. The third kappa shape index (κ3) is 2.26. The molecule has 0 radical (unpaired) electrons. The van der Waals surface area contributed by atoms with Crippen molar-refractivity contribution < 1.29 is 0 Å². The largest absolute Gasteiger partial charge is 0.341 e. The van der Waals surface area contributed by atoms with Crippen molar-refractivity contribution in [2.24, 2.45) is 0 Å². The third-order valence-corrected chi connectivity index (χ3v) is 4.50. The summed E-state index contributed by atoms with van der Waals surface area (Å²) in [7, 11) is 2.20. The summed E-state index contributed by atoms with van der Waals surface area (Å²) in [5.74, 6) is 1.16. The summed E-state index contributed by atoms with van der Waals surface area (Å²) in [4.78, 5) is 6.98. The molecular weight excluding hydrogens is 224 g/mol. The van der Waals surface area contributed by atoms with Gasteiger partial charge in [0.05, 0.1) is 0 Å². The van der Waals surface area contributed by atoms with Crippen molar-refractivity contribution in [1.82, 2.24) is 14.9 Å². The number of nitrogens with zero attached hydrogens (tertiary/aromatic N) is 3. The Morgan fingerprint density at radius 1 is 1.28 bits per heavy atom. The number of anilines is 1. The molecule has 1 saturated heterocycles. The Morgan fingerprint density at radius 3 is 2.83 bits per heavy atom. The van der Waals surface area contributed by atoms with Crippen LogP contribution in [-0.2, 0) is 0 Å². The SMILES string of the molecule is CN(c1nccn1C1CCCC1)C1CCCNC1. The Hall–Kier alpha value is -1.03. The van der Waals surface area contributed by atoms with Crippen molar-refractivity contribution in [2.45, 2.75) is 50.6 Å². The van der Waals surface area contributed by atoms with Gasteiger partial charge in [0, 0.05) is 38.1 Å². The van der Waals surface area contributed by atoms with Crippen molar-refractivity contribution in [1.29, 1.82) is 0 Å². The Kier molecular flexibility index (Phi) is 3.55. The third-order valence-electron chi connectivity index (χ3n) is 4.50. The van der Waals surface area contributed by atoms with Crippen molar-refractivity contribution in [3.63, 3.8) is 0 Å². The minimum absolute atomic E-state index is 0.598. The Balaban J connectivity index is 1.76. The maximum Gasteiger partial charge on any atom is 0.205 e. The molecule has 3 rings (SSSR count). The zero-order valence-electron chi connectivity index (χ0n) is 11.3. The second-order valence-electron chi connectivity index (χ2n) is 5.68. The van der Waals surface area contributed by atoms with Crippen LogP contribution >= 0.6 is 0 Å². The molecule has 1 N–H and O–H groups in total. The van der Waals surface area contributed by atoms with Crippen LogP contribution in [0.5, 0.6) is 0 Å². The lowest BCUT2D eigenvalue weighted by molar-refractivity contribution is 0.430. The van der Waals surface area contributed by atoms with Gasteiger partial charge in [-0.2, -0.15) is 0 Å². The number of rotatable bonds is 3. The van der Waals surface area contributed by atoms with Gasteiger partial charge < -0.3 is 14.8 Å². The van der Waals surface area contributed by atoms with Gasteiger partial charge in [0.2, 0.25) is 5.95 Å². The quantitative estimate of drug-likeness (QED) is 0.890. The first kappa shape index (κ1) is 12.0. The van der Waals surface area contributed by atoms with Crippen LogP contribution in [0.2, 0.25) is 0 Å². The summed E-state index contributed by atoms with van der Waals surface area (Å²) in [6, 6.07) is 1.28. The van der Waals surface area contributed by atoms with E-state index in [4.69, 9.17) is 0 Å². The summed E-state index contributed by atoms with van der Waals surface area (Å²) in [5.41, 5.74) is 0. The predicted molar refractivity (Wildman–Crippen MR) is 74.0 cm³/mol. The summed E-state index contributed by atoms with van der Waals surface area (Å²) >= 11 is 0. The Bertz CT molecular complexity index is 375. The summed E-state index contributed by atoms with van der Waals surface area (Å²) in [6.45, 7) is 2.26. The normalized spacial score (nSPS) is 25.5. The van der Waals surface area contributed by atoms with Gasteiger partial charge >= 0.3 is 0 Å². The second-order valence-corrected chi connectivity index (χ2v) is 5.68. The Morgan fingerprint density at radius 2 is 2.11 bits per heavy atom. The topological polar surface area (TPSA) is 33.1 Å². The van der Waals surface area contributed by atoms with Gasteiger partial charge in [-0.05, 0) is 32.2 Å². The molecule has 1 aromatic rings. The van der Waals surface area contributed by atoms with Crippen LogP contribution in [0.1, 0.15) is 44.6 Å². The highest BCUT2D eigenvalue weighted by Crippen LogP contribution is 2.32. The summed E-state index contributed by atoms with van der Waals surface area (Å²) in [6.07, 6.45) is 12.1. The molecule has 0 spiro atoms. The first-order valence-electron chi connectivity index (χ1n) is 7.32. The first-order chi connectivity index (χ1) is 8.86. The van der Waals surface area contributed by atoms with Crippen molar-refractivity contribution in [3.05, 3.63) is 12.4 Å². The number of hydrogen-bond acceptors (Lipinski definition) is 3. The number of hydrogen-bond donors (Lipinski definition) is 1. The highest BCUT2D eigenvalue weighted by atomic mass is 15.3. The van der Waals surface area contributed by atoms with Crippen molar-refractivity contribution >= 4 is 5.95 Å². The molecule has 1 aliphatic heterocycles. The number of piperidine rings is 1. The van der Waals surface area contributed by atoms with E-state index < -0.39 is 0 Å². The fourth-order valence-corrected chi connectivity index (χ4v) is 3.37. The Labute approximate surface area is 109 Å². The average molecular weight is 248 g/mol. The van der Waals surface area contributed by atoms with Crippen LogP contribution < -0.4 is 10.2 Å². The molecule has 100 valence electrons. The average Bonchev–Trinajstić information content (AvgIpc) is 3.09. The van der Waals surface area contributed by atoms with Gasteiger partial charge in [-0.25, -0.2) is 4.98 Å². The van der Waals surface area contributed by atoms with E-state index in [1.54, 1.807) is 0 Å². The molecular formula is C14H24N4. The van der Waals surface area contributed by atoms with Gasteiger partial charge in [0.1, 0.15) is 0 Å². The van der Waals surface area contributed by atoms with E-state index in [-0.39, 0.29) is 0 Å². The van der Waals surface area contributed by atoms with Gasteiger partial charge in [-0.3, -0.25) is 0 Å². The molecule has 0 bridgehead atoms. The first-order valence-corrected chi connectivity index (χ1v) is 7.32. The highest BCUT2D eigenvalue weighted by molar-refractivity contribution is 5.33. The van der Waals surface area contributed by atoms with Crippen LogP contribution in [-0.4, -0.2) is 35.7 Å². The van der Waals surface area contributed by atoms with E-state index in [0.717, 1.165) is 12.5 Å². The molecule has 4 nitrogen and oxygen atoms in total. The van der Waals surface area contributed by atoms with Crippen molar-refractivity contribution in [2.75, 3.05) is 25.0 Å². The standard InChI is InChI=1S/C14H24N4/c1-17(13-7-4-8-15-11-13)14-16-9-10-18(14)12-5-2-3-6-12/h9-10,12-13,15H,2-8,11H2,1H3. The number of likely N-dealkylation sites (N-methyl/N-ethyl adjacent to an activating group) is 1. The maximum absolute atomic E-state index is 4.60. The van der Waals surface area contributed by atoms with Crippen LogP contribution in [0.3, 0.4) is 0 Å². The van der Waals surface area contributed by atoms with E-state index in [2.05, 4.69) is 33.0 Å². The number of aromatic nitrogens is 2. The summed E-state index contributed by atoms with van der Waals surface area (Å²) in [5, 5.41) is 3.49. The minimum atomic E-state index is 0.598. The molecule has 2 fully saturated rings. The van der Waals surface area contributed by atoms with E-state index in [1.165, 1.54) is 45.1 Å². The van der Waals surface area contributed by atoms with Crippen molar-refractivity contribution in [3.8, 4) is 0 Å². The van der Waals surface area contributed by atoms with Gasteiger partial charge in [0.25, 0.3) is 0 Å². The molecule has 0 aromatic carbocycles. The molecule has 2 aliphatic rings. The van der Waals surface area contributed by atoms with Gasteiger partial charge in [0.15, 0.2) is 0 Å². The summed E-state index contributed by atoms with van der Waals surface area (Å²) < 4.78 is 2.40. The monoisotopic (exact) mass is 248 g/mol. The fraction of sp³-hybridized carbons (Fsp3) is 0.786. The lowest BCUT2D eigenvalue weighted by Crippen LogP contribution is -2.45. The van der Waals surface area contributed by atoms with E-state index in [1.807, 2.05) is 6.20 Å². The molecule has 0 amide bonds. The van der Waals surface area contributed by atoms with Crippen LogP contribution in [0.15, 0.2) is 12.4 Å². The van der Waals surface area contributed by atoms with Crippen LogP contribution in [0.4, 0.5) is 5.95 Å². The lowest BCUT2D eigenvalue weighted by Gasteiger charge is -2.33. The number of imidazole rings is 1. The fourth-order valence-electron chi connectivity index (χ4n) is 3.37. The molecule has 1 aliphatic carbocycles. The molecule has 1 saturated carbocycles. The lowest BCUT2D eigenvalue weighted by atomic mass is 10.1. The molecule has 18 heavy (non-hydrogen) atoms. The zero-order valence-corrected chi connectivity index (χ0v) is 11.3. The molecule has 1 atom stereocenters. The minimum Gasteiger partial charge on any atom is -0.341 e. The van der Waals surface area contributed by atoms with Gasteiger partial charge in [-0.15, -0.1) is 0 Å². The predicted octanol–water partition coefficient (Wildman–Crippen LogP) is 2.19. The number of nitrogens with one attached hydrogen (secondary N) is 1. The molecule has 4 heteroatoms. The second kappa shape index (κ2) is 5.31. The maximum atomic E-state index is 4.60. The highest BCUT2D eigenvalue weighted by Gasteiger charge is 2.24. The smallest absolute Gasteiger partial charge is 0.205 e. The molecule has 1 unspecified atom stereocenters. The van der Waals surface area contributed by atoms with Crippen LogP contribution in [0, 0.1) is 0 Å². The van der Waals surface area contributed by atoms with E-state index >= 15 is 0 Å². The zero-order chi connectivity index (χ0) is 12.4. The molecule has 2 heterocycles. The van der Waals surface area contributed by atoms with E-state index in [9.17, 15) is 0 Å². The van der Waals surface area contributed by atoms with Crippen LogP contribution in [0.25, 0.3) is 0 Å². The van der Waals surface area contributed by atoms with E-state index in [0.29, 0.717) is 12.1 Å².